The van der Waals surface area contributed by atoms with Gasteiger partial charge in [-0.15, -0.1) is 0 Å². The second kappa shape index (κ2) is 7.41. The van der Waals surface area contributed by atoms with Gasteiger partial charge in [-0.1, -0.05) is 25.8 Å². The number of pyridine rings is 1. The molecule has 1 aromatic rings. The van der Waals surface area contributed by atoms with Crippen LogP contribution in [0.1, 0.15) is 43.9 Å². The molecule has 0 aromatic carbocycles. The maximum Gasteiger partial charge on any atom is 0.0431 e. The lowest BCUT2D eigenvalue weighted by atomic mass is 10.1. The van der Waals surface area contributed by atoms with Gasteiger partial charge < -0.3 is 5.11 Å². The fourth-order valence-electron chi connectivity index (χ4n) is 1.63. The Balaban J connectivity index is 2.29. The standard InChI is InChI=1S/C13H21NO/c1-2-6-12-8-9-13(14-11-12)7-4-3-5-10-15/h8-9,11,15H,2-7,10H2,1H3. The van der Waals surface area contributed by atoms with Crippen molar-refractivity contribution in [2.45, 2.75) is 45.4 Å². The van der Waals surface area contributed by atoms with Gasteiger partial charge in [0.15, 0.2) is 0 Å². The molecular formula is C13H21NO. The molecule has 0 amide bonds. The van der Waals surface area contributed by atoms with E-state index >= 15 is 0 Å². The molecule has 0 aliphatic heterocycles. The third kappa shape index (κ3) is 4.93. The topological polar surface area (TPSA) is 33.1 Å². The molecule has 1 rings (SSSR count). The van der Waals surface area contributed by atoms with Gasteiger partial charge in [-0.25, -0.2) is 0 Å². The van der Waals surface area contributed by atoms with Gasteiger partial charge in [0.25, 0.3) is 0 Å². The highest BCUT2D eigenvalue weighted by molar-refractivity contribution is 5.14. The summed E-state index contributed by atoms with van der Waals surface area (Å²) in [4.78, 5) is 4.43. The van der Waals surface area contributed by atoms with Gasteiger partial charge in [0.05, 0.1) is 0 Å². The molecule has 1 N–H and O–H groups in total. The van der Waals surface area contributed by atoms with Crippen LogP contribution in [0.4, 0.5) is 0 Å². The molecular weight excluding hydrogens is 186 g/mol. The van der Waals surface area contributed by atoms with Crippen molar-refractivity contribution in [1.29, 1.82) is 0 Å². The van der Waals surface area contributed by atoms with Gasteiger partial charge in [0, 0.05) is 18.5 Å². The molecule has 0 aliphatic carbocycles. The molecule has 1 heterocycles. The molecule has 2 nitrogen and oxygen atoms in total. The third-order valence-electron chi connectivity index (χ3n) is 2.52. The number of rotatable bonds is 7. The number of hydrogen-bond acceptors (Lipinski definition) is 2. The van der Waals surface area contributed by atoms with Crippen molar-refractivity contribution in [3.8, 4) is 0 Å². The number of nitrogens with zero attached hydrogens (tertiary/aromatic N) is 1. The number of aromatic nitrogens is 1. The van der Waals surface area contributed by atoms with Crippen LogP contribution >= 0.6 is 0 Å². The summed E-state index contributed by atoms with van der Waals surface area (Å²) in [5.41, 5.74) is 2.50. The summed E-state index contributed by atoms with van der Waals surface area (Å²) in [6.45, 7) is 2.49. The normalized spacial score (nSPS) is 10.5. The number of unbranched alkanes of at least 4 members (excludes halogenated alkanes) is 2. The first-order chi connectivity index (χ1) is 7.36. The summed E-state index contributed by atoms with van der Waals surface area (Å²) in [7, 11) is 0. The molecule has 0 spiro atoms. The van der Waals surface area contributed by atoms with Crippen molar-refractivity contribution in [2.75, 3.05) is 6.61 Å². The van der Waals surface area contributed by atoms with E-state index < -0.39 is 0 Å². The molecule has 0 aliphatic rings. The third-order valence-corrected chi connectivity index (χ3v) is 2.52. The molecule has 0 unspecified atom stereocenters. The van der Waals surface area contributed by atoms with Gasteiger partial charge in [-0.2, -0.15) is 0 Å². The van der Waals surface area contributed by atoms with Crippen LogP contribution in [0.3, 0.4) is 0 Å². The summed E-state index contributed by atoms with van der Waals surface area (Å²) in [5, 5.41) is 8.64. The highest BCUT2D eigenvalue weighted by Gasteiger charge is 1.96. The molecule has 84 valence electrons. The van der Waals surface area contributed by atoms with Gasteiger partial charge in [0.1, 0.15) is 0 Å². The molecule has 2 heteroatoms. The number of aryl methyl sites for hydroxylation is 2. The maximum absolute atomic E-state index is 8.64. The van der Waals surface area contributed by atoms with E-state index in [2.05, 4.69) is 24.0 Å². The van der Waals surface area contributed by atoms with Gasteiger partial charge in [-0.05, 0) is 37.3 Å². The van der Waals surface area contributed by atoms with Crippen LogP contribution in [0, 0.1) is 0 Å². The minimum absolute atomic E-state index is 0.308. The van der Waals surface area contributed by atoms with Crippen LogP contribution in [0.2, 0.25) is 0 Å². The number of hydrogen-bond donors (Lipinski definition) is 1. The monoisotopic (exact) mass is 207 g/mol. The SMILES string of the molecule is CCCc1ccc(CCCCCO)nc1. The molecule has 0 radical (unpaired) electrons. The van der Waals surface area contributed by atoms with E-state index in [1.54, 1.807) is 0 Å². The van der Waals surface area contributed by atoms with Gasteiger partial charge in [0.2, 0.25) is 0 Å². The van der Waals surface area contributed by atoms with E-state index in [1.165, 1.54) is 17.7 Å². The van der Waals surface area contributed by atoms with Crippen LogP contribution in [-0.4, -0.2) is 16.7 Å². The molecule has 15 heavy (non-hydrogen) atoms. The van der Waals surface area contributed by atoms with Crippen molar-refractivity contribution in [2.24, 2.45) is 0 Å². The first kappa shape index (κ1) is 12.2. The Hall–Kier alpha value is -0.890. The minimum atomic E-state index is 0.308. The Morgan fingerprint density at radius 3 is 2.60 bits per heavy atom. The lowest BCUT2D eigenvalue weighted by molar-refractivity contribution is 0.283. The molecule has 1 aromatic heterocycles. The first-order valence-electron chi connectivity index (χ1n) is 5.91. The zero-order valence-electron chi connectivity index (χ0n) is 9.58. The van der Waals surface area contributed by atoms with E-state index in [-0.39, 0.29) is 0 Å². The smallest absolute Gasteiger partial charge is 0.0431 e. The Kier molecular flexibility index (Phi) is 6.02. The Labute approximate surface area is 92.4 Å². The van der Waals surface area contributed by atoms with Crippen molar-refractivity contribution >= 4 is 0 Å². The lowest BCUT2D eigenvalue weighted by Gasteiger charge is -2.02. The fraction of sp³-hybridized carbons (Fsp3) is 0.615. The summed E-state index contributed by atoms with van der Waals surface area (Å²) in [6.07, 6.45) is 8.45. The molecule has 0 bridgehead atoms. The zero-order chi connectivity index (χ0) is 10.9. The molecule has 0 fully saturated rings. The summed E-state index contributed by atoms with van der Waals surface area (Å²) >= 11 is 0. The highest BCUT2D eigenvalue weighted by atomic mass is 16.2. The number of aliphatic hydroxyl groups excluding tert-OH is 1. The highest BCUT2D eigenvalue weighted by Crippen LogP contribution is 2.07. The summed E-state index contributed by atoms with van der Waals surface area (Å²) in [5.74, 6) is 0. The second-order valence-corrected chi connectivity index (χ2v) is 3.94. The largest absolute Gasteiger partial charge is 0.396 e. The van der Waals surface area contributed by atoms with Crippen LogP contribution in [0.15, 0.2) is 18.3 Å². The maximum atomic E-state index is 8.64. The van der Waals surface area contributed by atoms with E-state index in [0.29, 0.717) is 6.61 Å². The first-order valence-corrected chi connectivity index (χ1v) is 5.91. The predicted octanol–water partition coefficient (Wildman–Crippen LogP) is 2.74. The minimum Gasteiger partial charge on any atom is -0.396 e. The van der Waals surface area contributed by atoms with Crippen LogP contribution in [-0.2, 0) is 12.8 Å². The average Bonchev–Trinajstić information content (AvgIpc) is 2.27. The van der Waals surface area contributed by atoms with Crippen LogP contribution in [0.5, 0.6) is 0 Å². The molecule has 0 atom stereocenters. The van der Waals surface area contributed by atoms with Crippen LogP contribution in [0.25, 0.3) is 0 Å². The van der Waals surface area contributed by atoms with Crippen LogP contribution < -0.4 is 0 Å². The lowest BCUT2D eigenvalue weighted by Crippen LogP contribution is -1.93. The Morgan fingerprint density at radius 1 is 1.13 bits per heavy atom. The van der Waals surface area contributed by atoms with Gasteiger partial charge in [-0.3, -0.25) is 4.98 Å². The second-order valence-electron chi connectivity index (χ2n) is 3.94. The van der Waals surface area contributed by atoms with E-state index in [0.717, 1.165) is 32.1 Å². The summed E-state index contributed by atoms with van der Waals surface area (Å²) in [6, 6.07) is 4.31. The fourth-order valence-corrected chi connectivity index (χ4v) is 1.63. The number of aliphatic hydroxyl groups is 1. The molecule has 0 saturated heterocycles. The van der Waals surface area contributed by atoms with Crippen molar-refractivity contribution < 1.29 is 5.11 Å². The van der Waals surface area contributed by atoms with Crippen molar-refractivity contribution in [3.05, 3.63) is 29.6 Å². The van der Waals surface area contributed by atoms with E-state index in [1.807, 2.05) is 6.20 Å². The molecule has 0 saturated carbocycles. The zero-order valence-corrected chi connectivity index (χ0v) is 9.58. The summed E-state index contributed by atoms with van der Waals surface area (Å²) < 4.78 is 0. The van der Waals surface area contributed by atoms with Crippen molar-refractivity contribution in [3.63, 3.8) is 0 Å². The predicted molar refractivity (Wildman–Crippen MR) is 62.9 cm³/mol. The van der Waals surface area contributed by atoms with Crippen molar-refractivity contribution in [1.82, 2.24) is 4.98 Å². The Morgan fingerprint density at radius 2 is 2.00 bits per heavy atom. The average molecular weight is 207 g/mol. The van der Waals surface area contributed by atoms with E-state index in [9.17, 15) is 0 Å². The van der Waals surface area contributed by atoms with Gasteiger partial charge >= 0.3 is 0 Å². The Bertz CT molecular complexity index is 256. The quantitative estimate of drug-likeness (QED) is 0.697. The van der Waals surface area contributed by atoms with E-state index in [4.69, 9.17) is 5.11 Å².